The molecule has 1 fully saturated rings. The number of hydrogen-bond acceptors (Lipinski definition) is 3. The molecule has 0 bridgehead atoms. The maximum Gasteiger partial charge on any atom is 0.123 e. The first kappa shape index (κ1) is 14.3. The first-order valence-electron chi connectivity index (χ1n) is 7.62. The van der Waals surface area contributed by atoms with Crippen LogP contribution in [0.2, 0.25) is 0 Å². The molecule has 1 aliphatic carbocycles. The standard InChI is InChI=1S/C16H27N3/c1-3-18-15(14-6-4-5-12(2)9-14)10-13-7-8-19-16(17)11-13/h7-8,11-12,14-15,18H,3-6,9-10H2,1-2H3,(H2,17,19). The van der Waals surface area contributed by atoms with Crippen molar-refractivity contribution in [3.8, 4) is 0 Å². The van der Waals surface area contributed by atoms with Crippen LogP contribution >= 0.6 is 0 Å². The molecule has 0 amide bonds. The molecular weight excluding hydrogens is 234 g/mol. The van der Waals surface area contributed by atoms with Gasteiger partial charge in [0.05, 0.1) is 0 Å². The molecule has 1 aromatic heterocycles. The number of rotatable bonds is 5. The normalized spacial score (nSPS) is 25.2. The fourth-order valence-electron chi connectivity index (χ4n) is 3.39. The maximum atomic E-state index is 5.78. The Morgan fingerprint density at radius 1 is 1.47 bits per heavy atom. The maximum absolute atomic E-state index is 5.78. The van der Waals surface area contributed by atoms with Crippen molar-refractivity contribution < 1.29 is 0 Å². The van der Waals surface area contributed by atoms with Crippen molar-refractivity contribution in [2.24, 2.45) is 11.8 Å². The van der Waals surface area contributed by atoms with Gasteiger partial charge in [0.15, 0.2) is 0 Å². The van der Waals surface area contributed by atoms with Crippen LogP contribution in [-0.2, 0) is 6.42 Å². The lowest BCUT2D eigenvalue weighted by Gasteiger charge is -2.34. The molecule has 106 valence electrons. The first-order chi connectivity index (χ1) is 9.19. The Labute approximate surface area is 117 Å². The van der Waals surface area contributed by atoms with Crippen LogP contribution in [0.3, 0.4) is 0 Å². The largest absolute Gasteiger partial charge is 0.384 e. The van der Waals surface area contributed by atoms with Crippen molar-refractivity contribution >= 4 is 5.82 Å². The van der Waals surface area contributed by atoms with Crippen LogP contribution in [0.25, 0.3) is 0 Å². The van der Waals surface area contributed by atoms with E-state index in [1.165, 1.54) is 31.2 Å². The Hall–Kier alpha value is -1.09. The highest BCUT2D eigenvalue weighted by atomic mass is 14.9. The molecule has 0 aliphatic heterocycles. The van der Waals surface area contributed by atoms with Crippen molar-refractivity contribution in [3.63, 3.8) is 0 Å². The molecule has 1 aromatic rings. The number of hydrogen-bond donors (Lipinski definition) is 2. The van der Waals surface area contributed by atoms with Crippen LogP contribution in [0.15, 0.2) is 18.3 Å². The minimum absolute atomic E-state index is 0.578. The Morgan fingerprint density at radius 2 is 2.32 bits per heavy atom. The summed E-state index contributed by atoms with van der Waals surface area (Å²) in [6, 6.07) is 4.68. The minimum atomic E-state index is 0.578. The van der Waals surface area contributed by atoms with Gasteiger partial charge in [-0.2, -0.15) is 0 Å². The fourth-order valence-corrected chi connectivity index (χ4v) is 3.39. The predicted molar refractivity (Wildman–Crippen MR) is 80.9 cm³/mol. The summed E-state index contributed by atoms with van der Waals surface area (Å²) in [5, 5.41) is 3.68. The van der Waals surface area contributed by atoms with Crippen LogP contribution in [0, 0.1) is 11.8 Å². The fraction of sp³-hybridized carbons (Fsp3) is 0.688. The van der Waals surface area contributed by atoms with Crippen molar-refractivity contribution in [2.45, 2.75) is 52.0 Å². The van der Waals surface area contributed by atoms with Crippen molar-refractivity contribution in [1.29, 1.82) is 0 Å². The monoisotopic (exact) mass is 261 g/mol. The zero-order valence-corrected chi connectivity index (χ0v) is 12.2. The minimum Gasteiger partial charge on any atom is -0.384 e. The molecule has 3 nitrogen and oxygen atoms in total. The average molecular weight is 261 g/mol. The predicted octanol–water partition coefficient (Wildman–Crippen LogP) is 3.01. The number of nitrogens with two attached hydrogens (primary N) is 1. The molecule has 3 N–H and O–H groups in total. The Bertz CT molecular complexity index is 391. The second kappa shape index (κ2) is 6.90. The Morgan fingerprint density at radius 3 is 3.00 bits per heavy atom. The van der Waals surface area contributed by atoms with E-state index >= 15 is 0 Å². The SMILES string of the molecule is CCNC(Cc1ccnc(N)c1)C1CCCC(C)C1. The lowest BCUT2D eigenvalue weighted by Crippen LogP contribution is -2.40. The number of nitrogen functional groups attached to an aromatic ring is 1. The topological polar surface area (TPSA) is 50.9 Å². The van der Waals surface area contributed by atoms with E-state index < -0.39 is 0 Å². The van der Waals surface area contributed by atoms with Gasteiger partial charge < -0.3 is 11.1 Å². The number of anilines is 1. The highest BCUT2D eigenvalue weighted by Gasteiger charge is 2.26. The molecule has 0 aromatic carbocycles. The number of nitrogens with zero attached hydrogens (tertiary/aromatic N) is 1. The van der Waals surface area contributed by atoms with E-state index in [1.807, 2.05) is 12.3 Å². The molecule has 1 saturated carbocycles. The molecular formula is C16H27N3. The van der Waals surface area contributed by atoms with E-state index in [-0.39, 0.29) is 0 Å². The van der Waals surface area contributed by atoms with Gasteiger partial charge >= 0.3 is 0 Å². The number of aromatic nitrogens is 1. The van der Waals surface area contributed by atoms with Gasteiger partial charge in [-0.15, -0.1) is 0 Å². The smallest absolute Gasteiger partial charge is 0.123 e. The summed E-state index contributed by atoms with van der Waals surface area (Å²) in [7, 11) is 0. The summed E-state index contributed by atoms with van der Waals surface area (Å²) >= 11 is 0. The van der Waals surface area contributed by atoms with Crippen LogP contribution < -0.4 is 11.1 Å². The van der Waals surface area contributed by atoms with Gasteiger partial charge in [-0.25, -0.2) is 4.98 Å². The summed E-state index contributed by atoms with van der Waals surface area (Å²) in [4.78, 5) is 4.08. The van der Waals surface area contributed by atoms with Crippen molar-refractivity contribution in [3.05, 3.63) is 23.9 Å². The second-order valence-corrected chi connectivity index (χ2v) is 5.99. The molecule has 0 spiro atoms. The van der Waals surface area contributed by atoms with E-state index in [0.29, 0.717) is 11.9 Å². The van der Waals surface area contributed by atoms with Gasteiger partial charge in [0.2, 0.25) is 0 Å². The van der Waals surface area contributed by atoms with E-state index in [1.54, 1.807) is 0 Å². The van der Waals surface area contributed by atoms with Crippen LogP contribution in [0.1, 0.15) is 45.1 Å². The molecule has 0 radical (unpaired) electrons. The quantitative estimate of drug-likeness (QED) is 0.856. The summed E-state index contributed by atoms with van der Waals surface area (Å²) in [6.07, 6.45) is 8.39. The average Bonchev–Trinajstić information content (AvgIpc) is 2.38. The van der Waals surface area contributed by atoms with Crippen molar-refractivity contribution in [1.82, 2.24) is 10.3 Å². The second-order valence-electron chi connectivity index (χ2n) is 5.99. The number of likely N-dealkylation sites (N-methyl/N-ethyl adjacent to an activating group) is 1. The molecule has 0 saturated heterocycles. The molecule has 3 unspecified atom stereocenters. The van der Waals surface area contributed by atoms with E-state index in [9.17, 15) is 0 Å². The molecule has 2 rings (SSSR count). The van der Waals surface area contributed by atoms with Gasteiger partial charge in [-0.3, -0.25) is 0 Å². The highest BCUT2D eigenvalue weighted by molar-refractivity contribution is 5.32. The Kier molecular flexibility index (Phi) is 5.20. The van der Waals surface area contributed by atoms with E-state index in [4.69, 9.17) is 5.73 Å². The van der Waals surface area contributed by atoms with Gasteiger partial charge in [0.1, 0.15) is 5.82 Å². The van der Waals surface area contributed by atoms with Crippen LogP contribution in [0.5, 0.6) is 0 Å². The molecule has 3 atom stereocenters. The lowest BCUT2D eigenvalue weighted by atomic mass is 9.77. The molecule has 3 heteroatoms. The van der Waals surface area contributed by atoms with Crippen LogP contribution in [0.4, 0.5) is 5.82 Å². The third kappa shape index (κ3) is 4.20. The van der Waals surface area contributed by atoms with Crippen LogP contribution in [-0.4, -0.2) is 17.6 Å². The van der Waals surface area contributed by atoms with Gasteiger partial charge in [-0.1, -0.05) is 26.7 Å². The zero-order chi connectivity index (χ0) is 13.7. The summed E-state index contributed by atoms with van der Waals surface area (Å²) < 4.78 is 0. The zero-order valence-electron chi connectivity index (χ0n) is 12.2. The third-order valence-corrected chi connectivity index (χ3v) is 4.31. The summed E-state index contributed by atoms with van der Waals surface area (Å²) in [5.41, 5.74) is 7.08. The lowest BCUT2D eigenvalue weighted by molar-refractivity contribution is 0.222. The van der Waals surface area contributed by atoms with E-state index in [0.717, 1.165) is 24.8 Å². The third-order valence-electron chi connectivity index (χ3n) is 4.31. The summed E-state index contributed by atoms with van der Waals surface area (Å²) in [6.45, 7) is 5.62. The first-order valence-corrected chi connectivity index (χ1v) is 7.62. The van der Waals surface area contributed by atoms with Crippen molar-refractivity contribution in [2.75, 3.05) is 12.3 Å². The number of nitrogens with one attached hydrogen (secondary N) is 1. The highest BCUT2D eigenvalue weighted by Crippen LogP contribution is 2.32. The van der Waals surface area contributed by atoms with E-state index in [2.05, 4.69) is 30.2 Å². The molecule has 1 heterocycles. The van der Waals surface area contributed by atoms with Gasteiger partial charge in [-0.05, 0) is 55.3 Å². The van der Waals surface area contributed by atoms with Gasteiger partial charge in [0, 0.05) is 12.2 Å². The van der Waals surface area contributed by atoms with Gasteiger partial charge in [0.25, 0.3) is 0 Å². The molecule has 1 aliphatic rings. The molecule has 19 heavy (non-hydrogen) atoms. The number of pyridine rings is 1. The Balaban J connectivity index is 2.02. The summed E-state index contributed by atoms with van der Waals surface area (Å²) in [5.74, 6) is 2.31.